The summed E-state index contributed by atoms with van der Waals surface area (Å²) in [6.45, 7) is 3.77. The lowest BCUT2D eigenvalue weighted by Gasteiger charge is -2.11. The molecule has 0 fully saturated rings. The highest BCUT2D eigenvalue weighted by Gasteiger charge is 2.08. The van der Waals surface area contributed by atoms with Crippen LogP contribution in [-0.2, 0) is 9.59 Å². The van der Waals surface area contributed by atoms with Crippen molar-refractivity contribution in [2.45, 2.75) is 20.3 Å². The molecule has 3 amide bonds. The number of aryl methyl sites for hydroxylation is 2. The fourth-order valence-electron chi connectivity index (χ4n) is 2.23. The fraction of sp³-hybridized carbons (Fsp3) is 0.250. The van der Waals surface area contributed by atoms with E-state index in [-0.39, 0.29) is 25.5 Å². The summed E-state index contributed by atoms with van der Waals surface area (Å²) in [4.78, 5) is 35.3. The third-order valence-corrected chi connectivity index (χ3v) is 3.72. The van der Waals surface area contributed by atoms with Gasteiger partial charge in [-0.3, -0.25) is 25.2 Å². The summed E-state index contributed by atoms with van der Waals surface area (Å²) in [5, 5.41) is 2.64. The Morgan fingerprint density at radius 1 is 0.926 bits per heavy atom. The van der Waals surface area contributed by atoms with Crippen LogP contribution in [0.3, 0.4) is 0 Å². The van der Waals surface area contributed by atoms with Gasteiger partial charge in [0.25, 0.3) is 11.8 Å². The summed E-state index contributed by atoms with van der Waals surface area (Å²) in [5.74, 6) is -0.518. The first-order valence-electron chi connectivity index (χ1n) is 8.56. The zero-order chi connectivity index (χ0) is 19.6. The van der Waals surface area contributed by atoms with E-state index in [9.17, 15) is 14.4 Å². The molecular weight excluding hydrogens is 346 g/mol. The Morgan fingerprint density at radius 2 is 1.63 bits per heavy atom. The average Bonchev–Trinajstić information content (AvgIpc) is 2.67. The van der Waals surface area contributed by atoms with Gasteiger partial charge in [-0.15, -0.1) is 0 Å². The van der Waals surface area contributed by atoms with Gasteiger partial charge in [-0.2, -0.15) is 0 Å². The third-order valence-electron chi connectivity index (χ3n) is 3.72. The van der Waals surface area contributed by atoms with Gasteiger partial charge in [-0.25, -0.2) is 0 Å². The molecule has 0 radical (unpaired) electrons. The van der Waals surface area contributed by atoms with E-state index < -0.39 is 11.8 Å². The molecule has 0 heterocycles. The Bertz CT molecular complexity index is 806. The zero-order valence-electron chi connectivity index (χ0n) is 15.4. The molecule has 0 spiro atoms. The number of hydrazine groups is 1. The summed E-state index contributed by atoms with van der Waals surface area (Å²) in [6, 6.07) is 14.4. The summed E-state index contributed by atoms with van der Waals surface area (Å²) in [7, 11) is 0. The summed E-state index contributed by atoms with van der Waals surface area (Å²) < 4.78 is 5.45. The Labute approximate surface area is 158 Å². The lowest BCUT2D eigenvalue weighted by atomic mass is 10.1. The molecule has 3 N–H and O–H groups in total. The highest BCUT2D eigenvalue weighted by atomic mass is 16.5. The molecule has 0 aliphatic heterocycles. The minimum atomic E-state index is -0.474. The van der Waals surface area contributed by atoms with Crippen LogP contribution in [0.5, 0.6) is 5.75 Å². The molecule has 0 atom stereocenters. The van der Waals surface area contributed by atoms with E-state index in [1.807, 2.05) is 38.1 Å². The van der Waals surface area contributed by atoms with Crippen LogP contribution < -0.4 is 20.9 Å². The van der Waals surface area contributed by atoms with E-state index in [1.54, 1.807) is 24.3 Å². The normalized spacial score (nSPS) is 10.0. The van der Waals surface area contributed by atoms with Crippen LogP contribution in [0.15, 0.2) is 48.5 Å². The van der Waals surface area contributed by atoms with E-state index in [1.165, 1.54) is 0 Å². The number of benzene rings is 2. The maximum Gasteiger partial charge on any atom is 0.276 e. The monoisotopic (exact) mass is 369 g/mol. The largest absolute Gasteiger partial charge is 0.483 e. The lowest BCUT2D eigenvalue weighted by molar-refractivity contribution is -0.129. The minimum Gasteiger partial charge on any atom is -0.483 e. The first-order chi connectivity index (χ1) is 13.0. The van der Waals surface area contributed by atoms with Crippen molar-refractivity contribution in [1.29, 1.82) is 0 Å². The van der Waals surface area contributed by atoms with Gasteiger partial charge < -0.3 is 10.1 Å². The topological polar surface area (TPSA) is 96.5 Å². The molecule has 27 heavy (non-hydrogen) atoms. The number of carbonyl (C=O) groups excluding carboxylic acids is 3. The van der Waals surface area contributed by atoms with E-state index in [2.05, 4.69) is 16.2 Å². The number of rotatable bonds is 7. The fourth-order valence-corrected chi connectivity index (χ4v) is 2.23. The Kier molecular flexibility index (Phi) is 7.37. The van der Waals surface area contributed by atoms with E-state index in [0.717, 1.165) is 11.1 Å². The van der Waals surface area contributed by atoms with Gasteiger partial charge in [-0.1, -0.05) is 30.3 Å². The van der Waals surface area contributed by atoms with Crippen molar-refractivity contribution in [3.8, 4) is 5.75 Å². The summed E-state index contributed by atoms with van der Waals surface area (Å²) in [5.41, 5.74) is 7.04. The molecule has 0 bridgehead atoms. The van der Waals surface area contributed by atoms with Crippen LogP contribution in [0.1, 0.15) is 27.9 Å². The van der Waals surface area contributed by atoms with E-state index >= 15 is 0 Å². The molecule has 0 saturated carbocycles. The summed E-state index contributed by atoms with van der Waals surface area (Å²) >= 11 is 0. The predicted molar refractivity (Wildman–Crippen MR) is 101 cm³/mol. The van der Waals surface area contributed by atoms with Gasteiger partial charge in [-0.05, 0) is 43.2 Å². The molecule has 0 unspecified atom stereocenters. The first-order valence-corrected chi connectivity index (χ1v) is 8.56. The Morgan fingerprint density at radius 3 is 2.37 bits per heavy atom. The van der Waals surface area contributed by atoms with Crippen molar-refractivity contribution in [3.63, 3.8) is 0 Å². The predicted octanol–water partition coefficient (Wildman–Crippen LogP) is 1.65. The van der Waals surface area contributed by atoms with Crippen molar-refractivity contribution in [2.75, 3.05) is 13.2 Å². The molecule has 7 heteroatoms. The van der Waals surface area contributed by atoms with Gasteiger partial charge in [0.2, 0.25) is 5.91 Å². The number of ether oxygens (including phenoxy) is 1. The molecule has 0 saturated heterocycles. The molecule has 2 aromatic carbocycles. The standard InChI is InChI=1S/C20H23N3O4/c1-14-8-9-15(2)17(12-14)27-13-19(25)23-22-18(24)10-11-21-20(26)16-6-4-3-5-7-16/h3-9,12H,10-11,13H2,1-2H3,(H,21,26)(H,22,24)(H,23,25). The zero-order valence-corrected chi connectivity index (χ0v) is 15.4. The van der Waals surface area contributed by atoms with Crippen molar-refractivity contribution in [3.05, 3.63) is 65.2 Å². The van der Waals surface area contributed by atoms with Crippen LogP contribution in [0, 0.1) is 13.8 Å². The molecule has 7 nitrogen and oxygen atoms in total. The smallest absolute Gasteiger partial charge is 0.276 e. The second kappa shape index (κ2) is 9.96. The van der Waals surface area contributed by atoms with Crippen molar-refractivity contribution in [2.24, 2.45) is 0 Å². The summed E-state index contributed by atoms with van der Waals surface area (Å²) in [6.07, 6.45) is 0.0384. The highest BCUT2D eigenvalue weighted by molar-refractivity contribution is 5.94. The average molecular weight is 369 g/mol. The number of hydrogen-bond donors (Lipinski definition) is 3. The van der Waals surface area contributed by atoms with Crippen molar-refractivity contribution in [1.82, 2.24) is 16.2 Å². The molecule has 142 valence electrons. The molecule has 2 aromatic rings. The van der Waals surface area contributed by atoms with Gasteiger partial charge in [0, 0.05) is 18.5 Å². The highest BCUT2D eigenvalue weighted by Crippen LogP contribution is 2.18. The van der Waals surface area contributed by atoms with Crippen molar-refractivity contribution < 1.29 is 19.1 Å². The maximum absolute atomic E-state index is 11.8. The SMILES string of the molecule is Cc1ccc(C)c(OCC(=O)NNC(=O)CCNC(=O)c2ccccc2)c1. The lowest BCUT2D eigenvalue weighted by Crippen LogP contribution is -2.44. The first kappa shape index (κ1) is 20.0. The van der Waals surface area contributed by atoms with Gasteiger partial charge in [0.05, 0.1) is 0 Å². The molecule has 0 aromatic heterocycles. The van der Waals surface area contributed by atoms with Crippen LogP contribution in [-0.4, -0.2) is 30.9 Å². The Hall–Kier alpha value is -3.35. The van der Waals surface area contributed by atoms with Crippen molar-refractivity contribution >= 4 is 17.7 Å². The minimum absolute atomic E-state index is 0.0384. The number of hydrogen-bond acceptors (Lipinski definition) is 4. The van der Waals surface area contributed by atoms with Crippen LogP contribution in [0.25, 0.3) is 0 Å². The van der Waals surface area contributed by atoms with Gasteiger partial charge in [0.15, 0.2) is 6.61 Å². The van der Waals surface area contributed by atoms with Crippen LogP contribution in [0.4, 0.5) is 0 Å². The van der Waals surface area contributed by atoms with Gasteiger partial charge in [0.1, 0.15) is 5.75 Å². The third kappa shape index (κ3) is 6.81. The van der Waals surface area contributed by atoms with Gasteiger partial charge >= 0.3 is 0 Å². The van der Waals surface area contributed by atoms with E-state index in [0.29, 0.717) is 11.3 Å². The van der Waals surface area contributed by atoms with Crippen LogP contribution >= 0.6 is 0 Å². The molecule has 0 aliphatic rings. The second-order valence-corrected chi connectivity index (χ2v) is 6.03. The number of nitrogens with one attached hydrogen (secondary N) is 3. The second-order valence-electron chi connectivity index (χ2n) is 6.03. The molecular formula is C20H23N3O4. The van der Waals surface area contributed by atoms with E-state index in [4.69, 9.17) is 4.74 Å². The number of amides is 3. The molecule has 0 aliphatic carbocycles. The Balaban J connectivity index is 1.64. The molecule has 2 rings (SSSR count). The number of carbonyl (C=O) groups is 3. The maximum atomic E-state index is 11.8. The van der Waals surface area contributed by atoms with Crippen LogP contribution in [0.2, 0.25) is 0 Å². The quantitative estimate of drug-likeness (QED) is 0.647.